The third-order valence-electron chi connectivity index (χ3n) is 8.75. The molecule has 0 N–H and O–H groups in total. The second kappa shape index (κ2) is 5.99. The Morgan fingerprint density at radius 2 is 2.00 bits per heavy atom. The van der Waals surface area contributed by atoms with Gasteiger partial charge in [0.15, 0.2) is 0 Å². The van der Waals surface area contributed by atoms with Gasteiger partial charge in [-0.3, -0.25) is 4.79 Å². The highest BCUT2D eigenvalue weighted by atomic mass is 16.5. The van der Waals surface area contributed by atoms with Crippen LogP contribution >= 0.6 is 0 Å². The predicted molar refractivity (Wildman–Crippen MR) is 101 cm³/mol. The molecule has 0 heterocycles. The quantitative estimate of drug-likeness (QED) is 0.476. The minimum atomic E-state index is -0.127. The monoisotopic (exact) mass is 342 g/mol. The first kappa shape index (κ1) is 17.4. The fourth-order valence-electron chi connectivity index (χ4n) is 7.39. The largest absolute Gasteiger partial charge is 0.462 e. The van der Waals surface area contributed by atoms with Crippen LogP contribution in [0.2, 0.25) is 0 Å². The molecule has 7 atom stereocenters. The maximum Gasteiger partial charge on any atom is 0.302 e. The van der Waals surface area contributed by atoms with E-state index in [4.69, 9.17) is 4.74 Å². The lowest BCUT2D eigenvalue weighted by atomic mass is 9.47. The molecule has 138 valence electrons. The van der Waals surface area contributed by atoms with Crippen LogP contribution < -0.4 is 0 Å². The summed E-state index contributed by atoms with van der Waals surface area (Å²) in [5.41, 5.74) is 2.42. The molecule has 3 fully saturated rings. The van der Waals surface area contributed by atoms with E-state index in [1.165, 1.54) is 45.4 Å². The molecular weight excluding hydrogens is 308 g/mol. The molecule has 0 aromatic carbocycles. The normalized spacial score (nSPS) is 48.6. The molecular formula is C23H34O2. The van der Waals surface area contributed by atoms with Gasteiger partial charge in [0.1, 0.15) is 6.10 Å². The van der Waals surface area contributed by atoms with Crippen LogP contribution in [0.3, 0.4) is 0 Å². The van der Waals surface area contributed by atoms with Crippen LogP contribution in [0.4, 0.5) is 0 Å². The Balaban J connectivity index is 1.59. The van der Waals surface area contributed by atoms with Gasteiger partial charge in [-0.15, -0.1) is 6.58 Å². The Hall–Kier alpha value is -1.05. The molecule has 2 nitrogen and oxygen atoms in total. The molecule has 0 bridgehead atoms. The van der Waals surface area contributed by atoms with Crippen molar-refractivity contribution in [1.82, 2.24) is 0 Å². The number of rotatable bonds is 2. The Bertz CT molecular complexity index is 605. The summed E-state index contributed by atoms with van der Waals surface area (Å²) in [5, 5.41) is 0. The maximum atomic E-state index is 11.3. The van der Waals surface area contributed by atoms with Gasteiger partial charge in [0, 0.05) is 13.3 Å². The fraction of sp³-hybridized carbons (Fsp3) is 0.783. The van der Waals surface area contributed by atoms with Gasteiger partial charge >= 0.3 is 5.97 Å². The summed E-state index contributed by atoms with van der Waals surface area (Å²) in [6, 6.07) is 0. The van der Waals surface area contributed by atoms with Crippen LogP contribution in [0, 0.1) is 34.5 Å². The van der Waals surface area contributed by atoms with E-state index >= 15 is 0 Å². The molecule has 2 heteroatoms. The highest BCUT2D eigenvalue weighted by molar-refractivity contribution is 5.66. The average molecular weight is 343 g/mol. The van der Waals surface area contributed by atoms with Crippen molar-refractivity contribution in [1.29, 1.82) is 0 Å². The third kappa shape index (κ3) is 2.54. The third-order valence-corrected chi connectivity index (χ3v) is 8.75. The zero-order valence-corrected chi connectivity index (χ0v) is 16.2. The maximum absolute atomic E-state index is 11.3. The van der Waals surface area contributed by atoms with Crippen molar-refractivity contribution in [2.24, 2.45) is 34.5 Å². The Morgan fingerprint density at radius 3 is 2.72 bits per heavy atom. The van der Waals surface area contributed by atoms with E-state index in [1.54, 1.807) is 5.57 Å². The molecule has 0 unspecified atom stereocenters. The van der Waals surface area contributed by atoms with Crippen molar-refractivity contribution in [2.75, 3.05) is 0 Å². The summed E-state index contributed by atoms with van der Waals surface area (Å²) in [4.78, 5) is 11.3. The predicted octanol–water partition coefficient (Wildman–Crippen LogP) is 5.68. The molecule has 0 spiro atoms. The highest BCUT2D eigenvalue weighted by Gasteiger charge is 2.58. The summed E-state index contributed by atoms with van der Waals surface area (Å²) in [5.74, 6) is 3.14. The van der Waals surface area contributed by atoms with Crippen molar-refractivity contribution in [3.05, 3.63) is 24.3 Å². The second-order valence-electron chi connectivity index (χ2n) is 9.70. The number of fused-ring (bicyclic) bond motifs is 5. The standard InChI is InChI=1S/C23H34O2/c1-5-16-7-9-20-19-8-6-17-14-18(25-15(2)24)10-12-23(17,4)21(19)11-13-22(16,20)3/h5-6,16,18-21H,1,7-14H2,2-4H3/t16-,18-,19-,20-,21-,22+,23-/m0/s1. The van der Waals surface area contributed by atoms with Gasteiger partial charge in [0.25, 0.3) is 0 Å². The van der Waals surface area contributed by atoms with Gasteiger partial charge in [0.05, 0.1) is 0 Å². The number of carbonyl (C=O) groups is 1. The van der Waals surface area contributed by atoms with E-state index in [0.717, 1.165) is 36.5 Å². The van der Waals surface area contributed by atoms with Crippen LogP contribution in [0.5, 0.6) is 0 Å². The number of hydrogen-bond donors (Lipinski definition) is 0. The number of hydrogen-bond acceptors (Lipinski definition) is 2. The van der Waals surface area contributed by atoms with E-state index < -0.39 is 0 Å². The topological polar surface area (TPSA) is 26.3 Å². The van der Waals surface area contributed by atoms with E-state index in [9.17, 15) is 4.79 Å². The molecule has 0 aliphatic heterocycles. The molecule has 0 aromatic heterocycles. The van der Waals surface area contributed by atoms with E-state index in [0.29, 0.717) is 10.8 Å². The van der Waals surface area contributed by atoms with Crippen molar-refractivity contribution in [2.45, 2.75) is 78.2 Å². The van der Waals surface area contributed by atoms with Gasteiger partial charge in [-0.05, 0) is 79.4 Å². The number of allylic oxidation sites excluding steroid dienone is 2. The summed E-state index contributed by atoms with van der Waals surface area (Å²) in [7, 11) is 0. The van der Waals surface area contributed by atoms with Gasteiger partial charge in [-0.2, -0.15) is 0 Å². The van der Waals surface area contributed by atoms with Crippen LogP contribution in [0.15, 0.2) is 24.3 Å². The summed E-state index contributed by atoms with van der Waals surface area (Å²) >= 11 is 0. The van der Waals surface area contributed by atoms with Crippen LogP contribution in [0.1, 0.15) is 72.1 Å². The lowest BCUT2D eigenvalue weighted by Gasteiger charge is -2.58. The Kier molecular flexibility index (Phi) is 4.16. The number of esters is 1. The van der Waals surface area contributed by atoms with Crippen molar-refractivity contribution in [3.63, 3.8) is 0 Å². The first-order valence-corrected chi connectivity index (χ1v) is 10.4. The molecule has 4 rings (SSSR count). The van der Waals surface area contributed by atoms with Gasteiger partial charge < -0.3 is 4.74 Å². The highest BCUT2D eigenvalue weighted by Crippen LogP contribution is 2.66. The van der Waals surface area contributed by atoms with Crippen molar-refractivity contribution < 1.29 is 9.53 Å². The molecule has 25 heavy (non-hydrogen) atoms. The Morgan fingerprint density at radius 1 is 1.20 bits per heavy atom. The smallest absolute Gasteiger partial charge is 0.302 e. The number of ether oxygens (including phenoxy) is 1. The lowest BCUT2D eigenvalue weighted by Crippen LogP contribution is -2.50. The Labute approximate surface area is 153 Å². The summed E-state index contributed by atoms with van der Waals surface area (Å²) in [6.45, 7) is 10.7. The second-order valence-corrected chi connectivity index (χ2v) is 9.70. The molecule has 4 aliphatic rings. The van der Waals surface area contributed by atoms with Crippen LogP contribution in [0.25, 0.3) is 0 Å². The molecule has 0 amide bonds. The average Bonchev–Trinajstić information content (AvgIpc) is 2.91. The van der Waals surface area contributed by atoms with Gasteiger partial charge in [-0.25, -0.2) is 0 Å². The minimum absolute atomic E-state index is 0.110. The fourth-order valence-corrected chi connectivity index (χ4v) is 7.39. The summed E-state index contributed by atoms with van der Waals surface area (Å²) < 4.78 is 5.54. The molecule has 0 aromatic rings. The number of carbonyl (C=O) groups excluding carboxylic acids is 1. The van der Waals surface area contributed by atoms with Gasteiger partial charge in [0.2, 0.25) is 0 Å². The molecule has 0 saturated heterocycles. The lowest BCUT2D eigenvalue weighted by molar-refractivity contribution is -0.148. The molecule has 0 radical (unpaired) electrons. The zero-order chi connectivity index (χ0) is 17.8. The summed E-state index contributed by atoms with van der Waals surface area (Å²) in [6.07, 6.45) is 14.8. The van der Waals surface area contributed by atoms with Crippen molar-refractivity contribution in [3.8, 4) is 0 Å². The molecule has 4 aliphatic carbocycles. The van der Waals surface area contributed by atoms with E-state index in [-0.39, 0.29) is 12.1 Å². The SMILES string of the molecule is C=C[C@H]1CC[C@H]2[C@@H]3CC=C4C[C@@H](OC(C)=O)CC[C@]4(C)[C@H]3CC[C@]12C. The van der Waals surface area contributed by atoms with E-state index in [2.05, 4.69) is 32.6 Å². The van der Waals surface area contributed by atoms with Crippen LogP contribution in [-0.4, -0.2) is 12.1 Å². The first-order valence-electron chi connectivity index (χ1n) is 10.4. The minimum Gasteiger partial charge on any atom is -0.462 e. The molecule has 3 saturated carbocycles. The zero-order valence-electron chi connectivity index (χ0n) is 16.2. The van der Waals surface area contributed by atoms with Crippen molar-refractivity contribution >= 4 is 5.97 Å². The first-order chi connectivity index (χ1) is 11.9. The van der Waals surface area contributed by atoms with Gasteiger partial charge in [-0.1, -0.05) is 31.6 Å². The van der Waals surface area contributed by atoms with Crippen LogP contribution in [-0.2, 0) is 9.53 Å². The van der Waals surface area contributed by atoms with E-state index in [1.807, 2.05) is 0 Å².